The molecule has 0 fully saturated rings. The van der Waals surface area contributed by atoms with Gasteiger partial charge in [0.1, 0.15) is 11.6 Å². The van der Waals surface area contributed by atoms with Crippen LogP contribution in [0.25, 0.3) is 5.69 Å². The van der Waals surface area contributed by atoms with Gasteiger partial charge in [-0.25, -0.2) is 9.07 Å². The summed E-state index contributed by atoms with van der Waals surface area (Å²) in [6, 6.07) is 13.4. The van der Waals surface area contributed by atoms with Crippen molar-refractivity contribution in [2.24, 2.45) is 0 Å². The second-order valence-electron chi connectivity index (χ2n) is 4.65. The Bertz CT molecular complexity index is 783. The van der Waals surface area contributed by atoms with Crippen molar-refractivity contribution in [3.05, 3.63) is 66.1 Å². The van der Waals surface area contributed by atoms with Gasteiger partial charge in [0.25, 0.3) is 0 Å². The van der Waals surface area contributed by atoms with Crippen molar-refractivity contribution in [2.45, 2.75) is 6.92 Å². The third-order valence-electron chi connectivity index (χ3n) is 3.13. The number of halogens is 1. The van der Waals surface area contributed by atoms with E-state index in [-0.39, 0.29) is 5.75 Å². The number of hydrogen-bond donors (Lipinski definition) is 1. The molecule has 0 aliphatic heterocycles. The normalized spacial score (nSPS) is 10.6. The maximum atomic E-state index is 13.6. The highest BCUT2D eigenvalue weighted by Crippen LogP contribution is 2.27. The average Bonchev–Trinajstić information content (AvgIpc) is 2.88. The van der Waals surface area contributed by atoms with Crippen LogP contribution in [0.2, 0.25) is 0 Å². The molecule has 0 radical (unpaired) electrons. The Morgan fingerprint density at radius 3 is 2.62 bits per heavy atom. The molecular formula is C16H14FN3O. The zero-order valence-corrected chi connectivity index (χ0v) is 11.5. The maximum absolute atomic E-state index is 13.6. The summed E-state index contributed by atoms with van der Waals surface area (Å²) in [5, 5.41) is 4.17. The van der Waals surface area contributed by atoms with Gasteiger partial charge in [-0.3, -0.25) is 0 Å². The Morgan fingerprint density at radius 2 is 1.95 bits per heavy atom. The molecule has 1 heterocycles. The quantitative estimate of drug-likeness (QED) is 0.797. The number of anilines is 1. The van der Waals surface area contributed by atoms with Crippen LogP contribution < -0.4 is 10.5 Å². The number of nitrogens with two attached hydrogens (primary N) is 1. The molecule has 0 saturated heterocycles. The van der Waals surface area contributed by atoms with E-state index in [1.807, 2.05) is 19.1 Å². The minimum atomic E-state index is -0.393. The number of aryl methyl sites for hydroxylation is 1. The fourth-order valence-electron chi connectivity index (χ4n) is 2.10. The molecular weight excluding hydrogens is 269 g/mol. The van der Waals surface area contributed by atoms with Gasteiger partial charge >= 0.3 is 0 Å². The molecule has 5 heteroatoms. The Hall–Kier alpha value is -2.82. The Morgan fingerprint density at radius 1 is 1.14 bits per heavy atom. The third kappa shape index (κ3) is 2.58. The smallest absolute Gasteiger partial charge is 0.165 e. The van der Waals surface area contributed by atoms with Crippen molar-refractivity contribution in [1.29, 1.82) is 0 Å². The van der Waals surface area contributed by atoms with Crippen LogP contribution in [0.4, 0.5) is 10.2 Å². The van der Waals surface area contributed by atoms with E-state index in [0.717, 1.165) is 11.3 Å². The highest BCUT2D eigenvalue weighted by Gasteiger charge is 2.08. The van der Waals surface area contributed by atoms with Crippen molar-refractivity contribution < 1.29 is 9.13 Å². The monoisotopic (exact) mass is 283 g/mol. The first-order valence-electron chi connectivity index (χ1n) is 6.48. The van der Waals surface area contributed by atoms with Crippen LogP contribution in [0.1, 0.15) is 5.56 Å². The van der Waals surface area contributed by atoms with Crippen LogP contribution in [0.15, 0.2) is 54.7 Å². The second kappa shape index (κ2) is 5.28. The van der Waals surface area contributed by atoms with Crippen molar-refractivity contribution in [1.82, 2.24) is 9.78 Å². The standard InChI is InChI=1S/C16H14FN3O/c1-11-10-12(21-15-5-3-2-4-13(15)17)6-7-14(11)20-16(18)8-9-19-20/h2-10H,18H2,1H3. The summed E-state index contributed by atoms with van der Waals surface area (Å²) in [7, 11) is 0. The largest absolute Gasteiger partial charge is 0.454 e. The van der Waals surface area contributed by atoms with Crippen LogP contribution in [0, 0.1) is 12.7 Å². The van der Waals surface area contributed by atoms with Crippen LogP contribution >= 0.6 is 0 Å². The lowest BCUT2D eigenvalue weighted by atomic mass is 10.2. The Balaban J connectivity index is 1.92. The Labute approximate surface area is 121 Å². The first-order chi connectivity index (χ1) is 10.1. The van der Waals surface area contributed by atoms with Gasteiger partial charge in [-0.05, 0) is 42.8 Å². The molecule has 0 bridgehead atoms. The molecule has 0 unspecified atom stereocenters. The first kappa shape index (κ1) is 13.2. The molecule has 0 spiro atoms. The van der Waals surface area contributed by atoms with E-state index in [4.69, 9.17) is 10.5 Å². The molecule has 21 heavy (non-hydrogen) atoms. The topological polar surface area (TPSA) is 53.1 Å². The number of benzene rings is 2. The van der Waals surface area contributed by atoms with Gasteiger partial charge in [0.2, 0.25) is 0 Å². The molecule has 0 aliphatic rings. The fraction of sp³-hybridized carbons (Fsp3) is 0.0625. The number of para-hydroxylation sites is 1. The average molecular weight is 283 g/mol. The lowest BCUT2D eigenvalue weighted by Crippen LogP contribution is -2.03. The molecule has 0 atom stereocenters. The molecule has 2 N–H and O–H groups in total. The number of rotatable bonds is 3. The molecule has 2 aromatic carbocycles. The van der Waals surface area contributed by atoms with Crippen molar-refractivity contribution in [2.75, 3.05) is 5.73 Å². The first-order valence-corrected chi connectivity index (χ1v) is 6.48. The summed E-state index contributed by atoms with van der Waals surface area (Å²) >= 11 is 0. The summed E-state index contributed by atoms with van der Waals surface area (Å²) < 4.78 is 20.8. The zero-order chi connectivity index (χ0) is 14.8. The van der Waals surface area contributed by atoms with Gasteiger partial charge in [0, 0.05) is 6.07 Å². The van der Waals surface area contributed by atoms with E-state index in [0.29, 0.717) is 11.6 Å². The lowest BCUT2D eigenvalue weighted by molar-refractivity contribution is 0.442. The molecule has 3 aromatic rings. The van der Waals surface area contributed by atoms with E-state index >= 15 is 0 Å². The van der Waals surface area contributed by atoms with E-state index in [1.165, 1.54) is 6.07 Å². The van der Waals surface area contributed by atoms with Gasteiger partial charge in [0.05, 0.1) is 11.9 Å². The summed E-state index contributed by atoms with van der Waals surface area (Å²) in [6.07, 6.45) is 1.64. The lowest BCUT2D eigenvalue weighted by Gasteiger charge is -2.11. The minimum absolute atomic E-state index is 0.197. The van der Waals surface area contributed by atoms with Gasteiger partial charge in [-0.1, -0.05) is 12.1 Å². The van der Waals surface area contributed by atoms with Crippen LogP contribution in [0.3, 0.4) is 0 Å². The van der Waals surface area contributed by atoms with Crippen molar-refractivity contribution in [3.8, 4) is 17.2 Å². The SMILES string of the molecule is Cc1cc(Oc2ccccc2F)ccc1-n1nccc1N. The highest BCUT2D eigenvalue weighted by atomic mass is 19.1. The molecule has 3 rings (SSSR count). The number of ether oxygens (including phenoxy) is 1. The zero-order valence-electron chi connectivity index (χ0n) is 11.5. The van der Waals surface area contributed by atoms with Crippen LogP contribution in [0.5, 0.6) is 11.5 Å². The van der Waals surface area contributed by atoms with Crippen molar-refractivity contribution >= 4 is 5.82 Å². The summed E-state index contributed by atoms with van der Waals surface area (Å²) in [6.45, 7) is 1.92. The molecule has 0 amide bonds. The summed E-state index contributed by atoms with van der Waals surface area (Å²) in [4.78, 5) is 0. The predicted octanol–water partition coefficient (Wildman–Crippen LogP) is 3.69. The van der Waals surface area contributed by atoms with E-state index in [1.54, 1.807) is 41.2 Å². The maximum Gasteiger partial charge on any atom is 0.165 e. The number of nitrogens with zero attached hydrogens (tertiary/aromatic N) is 2. The van der Waals surface area contributed by atoms with Crippen molar-refractivity contribution in [3.63, 3.8) is 0 Å². The molecule has 1 aromatic heterocycles. The highest BCUT2D eigenvalue weighted by molar-refractivity contribution is 5.49. The predicted molar refractivity (Wildman–Crippen MR) is 79.2 cm³/mol. The minimum Gasteiger partial charge on any atom is -0.454 e. The van der Waals surface area contributed by atoms with E-state index in [9.17, 15) is 4.39 Å². The second-order valence-corrected chi connectivity index (χ2v) is 4.65. The number of hydrogen-bond acceptors (Lipinski definition) is 3. The van der Waals surface area contributed by atoms with Crippen LogP contribution in [-0.4, -0.2) is 9.78 Å². The van der Waals surface area contributed by atoms with Gasteiger partial charge in [-0.2, -0.15) is 5.10 Å². The van der Waals surface area contributed by atoms with Crippen LogP contribution in [-0.2, 0) is 0 Å². The fourth-order valence-corrected chi connectivity index (χ4v) is 2.10. The van der Waals surface area contributed by atoms with Gasteiger partial charge < -0.3 is 10.5 Å². The van der Waals surface area contributed by atoms with E-state index in [2.05, 4.69) is 5.10 Å². The Kier molecular flexibility index (Phi) is 3.31. The summed E-state index contributed by atoms with van der Waals surface area (Å²) in [5.41, 5.74) is 7.63. The summed E-state index contributed by atoms with van der Waals surface area (Å²) in [5.74, 6) is 0.923. The van der Waals surface area contributed by atoms with Gasteiger partial charge in [-0.15, -0.1) is 0 Å². The molecule has 0 aliphatic carbocycles. The molecule has 4 nitrogen and oxygen atoms in total. The molecule has 106 valence electrons. The van der Waals surface area contributed by atoms with Gasteiger partial charge in [0.15, 0.2) is 11.6 Å². The number of nitrogen functional groups attached to an aromatic ring is 1. The molecule has 0 saturated carbocycles. The number of aromatic nitrogens is 2. The van der Waals surface area contributed by atoms with E-state index < -0.39 is 5.82 Å². The third-order valence-corrected chi connectivity index (χ3v) is 3.13.